The van der Waals surface area contributed by atoms with Crippen LogP contribution in [0.25, 0.3) is 0 Å². The maximum Gasteiger partial charge on any atom is 0.304 e. The summed E-state index contributed by atoms with van der Waals surface area (Å²) in [6.07, 6.45) is 0.244. The Kier molecular flexibility index (Phi) is 4.83. The van der Waals surface area contributed by atoms with E-state index in [2.05, 4.69) is 15.9 Å². The Hall–Kier alpha value is -0.000000000000000111. The standard InChI is InChI=1S/C8H9BrO2S2/c9-6-1-4-13-7(6)5-12-3-2-8(10)11/h1,4H,2-3,5H2,(H,10,11). The molecule has 0 radical (unpaired) electrons. The molecule has 0 saturated heterocycles. The minimum absolute atomic E-state index is 0.244. The first-order chi connectivity index (χ1) is 6.20. The molecule has 0 aliphatic rings. The van der Waals surface area contributed by atoms with Crippen LogP contribution in [-0.4, -0.2) is 16.8 Å². The summed E-state index contributed by atoms with van der Waals surface area (Å²) in [5.74, 6) is 0.850. The Labute approximate surface area is 93.5 Å². The van der Waals surface area contributed by atoms with E-state index >= 15 is 0 Å². The molecule has 0 atom stereocenters. The van der Waals surface area contributed by atoms with Crippen LogP contribution in [0.1, 0.15) is 11.3 Å². The van der Waals surface area contributed by atoms with Crippen molar-refractivity contribution >= 4 is 45.0 Å². The number of thiophene rings is 1. The molecule has 0 amide bonds. The maximum atomic E-state index is 10.2. The summed E-state index contributed by atoms with van der Waals surface area (Å²) >= 11 is 6.77. The molecule has 0 spiro atoms. The number of rotatable bonds is 5. The number of thioether (sulfide) groups is 1. The van der Waals surface area contributed by atoms with Crippen LogP contribution in [0, 0.1) is 0 Å². The van der Waals surface area contributed by atoms with Crippen molar-refractivity contribution in [2.75, 3.05) is 5.75 Å². The smallest absolute Gasteiger partial charge is 0.304 e. The van der Waals surface area contributed by atoms with E-state index in [0.29, 0.717) is 5.75 Å². The second-order valence-electron chi connectivity index (χ2n) is 2.39. The van der Waals surface area contributed by atoms with Crippen LogP contribution in [0.2, 0.25) is 0 Å². The van der Waals surface area contributed by atoms with Crippen molar-refractivity contribution < 1.29 is 9.90 Å². The number of carboxylic acids is 1. The van der Waals surface area contributed by atoms with E-state index in [1.54, 1.807) is 23.1 Å². The third kappa shape index (κ3) is 4.15. The highest BCUT2D eigenvalue weighted by molar-refractivity contribution is 9.10. The van der Waals surface area contributed by atoms with Crippen LogP contribution in [0.15, 0.2) is 15.9 Å². The van der Waals surface area contributed by atoms with Crippen LogP contribution in [0.5, 0.6) is 0 Å². The van der Waals surface area contributed by atoms with Crippen LogP contribution in [0.4, 0.5) is 0 Å². The van der Waals surface area contributed by atoms with Crippen LogP contribution in [0.3, 0.4) is 0 Å². The molecule has 5 heteroatoms. The van der Waals surface area contributed by atoms with Crippen molar-refractivity contribution in [1.82, 2.24) is 0 Å². The lowest BCUT2D eigenvalue weighted by molar-refractivity contribution is -0.136. The zero-order valence-electron chi connectivity index (χ0n) is 6.83. The fraction of sp³-hybridized carbons (Fsp3) is 0.375. The van der Waals surface area contributed by atoms with Gasteiger partial charge in [0.2, 0.25) is 0 Å². The zero-order chi connectivity index (χ0) is 9.68. The average Bonchev–Trinajstić information content (AvgIpc) is 2.45. The van der Waals surface area contributed by atoms with Gasteiger partial charge in [0.1, 0.15) is 0 Å². The van der Waals surface area contributed by atoms with Gasteiger partial charge in [0.25, 0.3) is 0 Å². The molecule has 13 heavy (non-hydrogen) atoms. The molecule has 0 aliphatic heterocycles. The number of carboxylic acid groups (broad SMARTS) is 1. The first kappa shape index (κ1) is 11.1. The van der Waals surface area contributed by atoms with E-state index in [-0.39, 0.29) is 6.42 Å². The zero-order valence-corrected chi connectivity index (χ0v) is 10.0. The van der Waals surface area contributed by atoms with Gasteiger partial charge < -0.3 is 5.11 Å². The second kappa shape index (κ2) is 5.67. The minimum Gasteiger partial charge on any atom is -0.481 e. The Morgan fingerprint density at radius 1 is 1.69 bits per heavy atom. The Balaban J connectivity index is 2.20. The Morgan fingerprint density at radius 2 is 2.46 bits per heavy atom. The first-order valence-electron chi connectivity index (χ1n) is 3.71. The van der Waals surface area contributed by atoms with Gasteiger partial charge in [-0.25, -0.2) is 0 Å². The maximum absolute atomic E-state index is 10.2. The quantitative estimate of drug-likeness (QED) is 0.842. The molecule has 0 saturated carbocycles. The van der Waals surface area contributed by atoms with E-state index in [9.17, 15) is 4.79 Å². The van der Waals surface area contributed by atoms with Crippen molar-refractivity contribution in [3.63, 3.8) is 0 Å². The van der Waals surface area contributed by atoms with Crippen molar-refractivity contribution in [3.8, 4) is 0 Å². The van der Waals surface area contributed by atoms with Gasteiger partial charge in [-0.1, -0.05) is 0 Å². The van der Waals surface area contributed by atoms with Crippen molar-refractivity contribution in [1.29, 1.82) is 0 Å². The third-order valence-corrected chi connectivity index (χ3v) is 4.48. The summed E-state index contributed by atoms with van der Waals surface area (Å²) in [5.41, 5.74) is 0. The normalized spacial score (nSPS) is 10.2. The van der Waals surface area contributed by atoms with Gasteiger partial charge in [-0.2, -0.15) is 11.8 Å². The number of hydrogen-bond donors (Lipinski definition) is 1. The first-order valence-corrected chi connectivity index (χ1v) is 6.54. The molecular formula is C8H9BrO2S2. The van der Waals surface area contributed by atoms with Gasteiger partial charge in [0.05, 0.1) is 6.42 Å². The van der Waals surface area contributed by atoms with E-state index in [1.807, 2.05) is 11.4 Å². The van der Waals surface area contributed by atoms with E-state index in [4.69, 9.17) is 5.11 Å². The minimum atomic E-state index is -0.724. The SMILES string of the molecule is O=C(O)CCSCc1sccc1Br. The number of aliphatic carboxylic acids is 1. The predicted molar refractivity (Wildman–Crippen MR) is 60.4 cm³/mol. The number of halogens is 1. The van der Waals surface area contributed by atoms with Gasteiger partial charge in [0, 0.05) is 20.9 Å². The summed E-state index contributed by atoms with van der Waals surface area (Å²) in [7, 11) is 0. The second-order valence-corrected chi connectivity index (χ2v) is 5.35. The van der Waals surface area contributed by atoms with Crippen LogP contribution >= 0.6 is 39.0 Å². The monoisotopic (exact) mass is 280 g/mol. The van der Waals surface area contributed by atoms with E-state index in [0.717, 1.165) is 10.2 Å². The summed E-state index contributed by atoms with van der Waals surface area (Å²) in [4.78, 5) is 11.5. The van der Waals surface area contributed by atoms with Crippen LogP contribution in [-0.2, 0) is 10.5 Å². The summed E-state index contributed by atoms with van der Waals surface area (Å²) in [6.45, 7) is 0. The van der Waals surface area contributed by atoms with Gasteiger partial charge in [-0.05, 0) is 27.4 Å². The molecule has 1 rings (SSSR count). The lowest BCUT2D eigenvalue weighted by atomic mass is 10.5. The molecule has 72 valence electrons. The van der Waals surface area contributed by atoms with Gasteiger partial charge in [-0.3, -0.25) is 4.79 Å². The van der Waals surface area contributed by atoms with Crippen LogP contribution < -0.4 is 0 Å². The lowest BCUT2D eigenvalue weighted by Gasteiger charge is -1.97. The van der Waals surface area contributed by atoms with Crippen molar-refractivity contribution in [2.24, 2.45) is 0 Å². The Bertz CT molecular complexity index is 285. The molecule has 0 fully saturated rings. The summed E-state index contributed by atoms with van der Waals surface area (Å²) in [6, 6.07) is 2.01. The largest absolute Gasteiger partial charge is 0.481 e. The molecule has 1 aromatic heterocycles. The molecule has 0 aliphatic carbocycles. The highest BCUT2D eigenvalue weighted by Crippen LogP contribution is 2.26. The van der Waals surface area contributed by atoms with E-state index in [1.165, 1.54) is 4.88 Å². The topological polar surface area (TPSA) is 37.3 Å². The average molecular weight is 281 g/mol. The molecule has 0 bridgehead atoms. The predicted octanol–water partition coefficient (Wildman–Crippen LogP) is 3.22. The summed E-state index contributed by atoms with van der Waals surface area (Å²) < 4.78 is 1.13. The fourth-order valence-corrected chi connectivity index (χ4v) is 3.54. The molecular weight excluding hydrogens is 272 g/mol. The summed E-state index contributed by atoms with van der Waals surface area (Å²) in [5, 5.41) is 10.4. The number of hydrogen-bond acceptors (Lipinski definition) is 3. The highest BCUT2D eigenvalue weighted by atomic mass is 79.9. The molecule has 1 heterocycles. The molecule has 0 aromatic carbocycles. The lowest BCUT2D eigenvalue weighted by Crippen LogP contribution is -1.95. The van der Waals surface area contributed by atoms with Gasteiger partial charge >= 0.3 is 5.97 Å². The molecule has 1 N–H and O–H groups in total. The highest BCUT2D eigenvalue weighted by Gasteiger charge is 2.02. The third-order valence-electron chi connectivity index (χ3n) is 1.38. The van der Waals surface area contributed by atoms with Crippen molar-refractivity contribution in [3.05, 3.63) is 20.8 Å². The molecule has 0 unspecified atom stereocenters. The van der Waals surface area contributed by atoms with E-state index < -0.39 is 5.97 Å². The number of carbonyl (C=O) groups is 1. The van der Waals surface area contributed by atoms with Gasteiger partial charge in [0.15, 0.2) is 0 Å². The Morgan fingerprint density at radius 3 is 3.00 bits per heavy atom. The fourth-order valence-electron chi connectivity index (χ4n) is 0.752. The molecule has 2 nitrogen and oxygen atoms in total. The van der Waals surface area contributed by atoms with Gasteiger partial charge in [-0.15, -0.1) is 11.3 Å². The van der Waals surface area contributed by atoms with Crippen molar-refractivity contribution in [2.45, 2.75) is 12.2 Å². The molecule has 1 aromatic rings.